The Labute approximate surface area is 165 Å². The summed E-state index contributed by atoms with van der Waals surface area (Å²) in [6, 6.07) is 19.1. The Morgan fingerprint density at radius 1 is 1.03 bits per heavy atom. The van der Waals surface area contributed by atoms with E-state index in [4.69, 9.17) is 0 Å². The van der Waals surface area contributed by atoms with Crippen LogP contribution < -0.4 is 11.0 Å². The zero-order valence-corrected chi connectivity index (χ0v) is 15.6. The fraction of sp³-hybridized carbons (Fsp3) is 0.150. The van der Waals surface area contributed by atoms with Gasteiger partial charge in [0.15, 0.2) is 11.5 Å². The number of carbonyl (C=O) groups is 1. The van der Waals surface area contributed by atoms with E-state index in [2.05, 4.69) is 30.8 Å². The third-order valence-electron chi connectivity index (χ3n) is 4.52. The van der Waals surface area contributed by atoms with Crippen LogP contribution in [0.3, 0.4) is 0 Å². The van der Waals surface area contributed by atoms with Gasteiger partial charge >= 0.3 is 5.69 Å². The molecule has 0 fully saturated rings. The average molecular weight is 389 g/mol. The molecule has 2 aromatic carbocycles. The number of aromatic nitrogens is 6. The standard InChI is InChI=1S/C20H19N7O2/c1-13(18-22-20(29)25-24-18)21-19(28)16-12-27(26-23-16)17(14-8-4-2-5-9-14)15-10-6-3-7-11-15/h2-13,17H,1H3,(H,21,28)(H2,22,24,25,29)/t13-/m1/s1. The van der Waals surface area contributed by atoms with Gasteiger partial charge in [0.2, 0.25) is 0 Å². The molecule has 4 rings (SSSR count). The molecule has 9 nitrogen and oxygen atoms in total. The van der Waals surface area contributed by atoms with Crippen LogP contribution in [0.5, 0.6) is 0 Å². The lowest BCUT2D eigenvalue weighted by molar-refractivity contribution is 0.0933. The second-order valence-electron chi connectivity index (χ2n) is 6.57. The number of H-pyrrole nitrogens is 2. The highest BCUT2D eigenvalue weighted by atomic mass is 16.2. The molecule has 0 saturated carbocycles. The number of hydrogen-bond acceptors (Lipinski definition) is 5. The molecule has 0 bridgehead atoms. The van der Waals surface area contributed by atoms with Gasteiger partial charge < -0.3 is 5.32 Å². The van der Waals surface area contributed by atoms with E-state index in [1.165, 1.54) is 0 Å². The van der Waals surface area contributed by atoms with E-state index in [1.54, 1.807) is 17.8 Å². The maximum absolute atomic E-state index is 12.6. The van der Waals surface area contributed by atoms with Crippen molar-refractivity contribution in [1.29, 1.82) is 0 Å². The first kappa shape index (κ1) is 18.4. The molecule has 9 heteroatoms. The largest absolute Gasteiger partial charge is 0.341 e. The topological polar surface area (TPSA) is 121 Å². The van der Waals surface area contributed by atoms with Crippen molar-refractivity contribution in [3.63, 3.8) is 0 Å². The van der Waals surface area contributed by atoms with Crippen LogP contribution in [0.15, 0.2) is 71.7 Å². The molecule has 0 saturated heterocycles. The minimum atomic E-state index is -0.495. The minimum Gasteiger partial charge on any atom is -0.341 e. The normalized spacial score (nSPS) is 12.1. The van der Waals surface area contributed by atoms with Crippen molar-refractivity contribution < 1.29 is 4.79 Å². The highest BCUT2D eigenvalue weighted by Crippen LogP contribution is 2.25. The van der Waals surface area contributed by atoms with Gasteiger partial charge in [0.05, 0.1) is 12.2 Å². The highest BCUT2D eigenvalue weighted by Gasteiger charge is 2.21. The van der Waals surface area contributed by atoms with Crippen molar-refractivity contribution in [2.75, 3.05) is 0 Å². The summed E-state index contributed by atoms with van der Waals surface area (Å²) in [6.07, 6.45) is 1.61. The summed E-state index contributed by atoms with van der Waals surface area (Å²) in [5, 5.41) is 17.1. The van der Waals surface area contributed by atoms with Crippen LogP contribution in [0.25, 0.3) is 0 Å². The number of rotatable bonds is 6. The first-order valence-electron chi connectivity index (χ1n) is 9.09. The lowest BCUT2D eigenvalue weighted by Gasteiger charge is -2.17. The zero-order valence-electron chi connectivity index (χ0n) is 15.6. The Hall–Kier alpha value is -4.01. The Morgan fingerprint density at radius 2 is 1.66 bits per heavy atom. The molecule has 0 aliphatic heterocycles. The maximum atomic E-state index is 12.6. The second kappa shape index (κ2) is 7.93. The van der Waals surface area contributed by atoms with E-state index in [-0.39, 0.29) is 11.7 Å². The van der Waals surface area contributed by atoms with E-state index in [0.717, 1.165) is 11.1 Å². The SMILES string of the molecule is C[C@@H](NC(=O)c1cn(C(c2ccccc2)c2ccccc2)nn1)c1n[nH]c(=O)[nH]1. The van der Waals surface area contributed by atoms with Gasteiger partial charge in [-0.3, -0.25) is 9.78 Å². The van der Waals surface area contributed by atoms with Crippen molar-refractivity contribution >= 4 is 5.91 Å². The molecule has 0 aliphatic rings. The van der Waals surface area contributed by atoms with Crippen LogP contribution in [0.2, 0.25) is 0 Å². The van der Waals surface area contributed by atoms with E-state index in [9.17, 15) is 9.59 Å². The van der Waals surface area contributed by atoms with Crippen LogP contribution >= 0.6 is 0 Å². The van der Waals surface area contributed by atoms with Crippen molar-refractivity contribution in [3.05, 3.63) is 100.0 Å². The number of aromatic amines is 2. The number of nitrogens with zero attached hydrogens (tertiary/aromatic N) is 4. The van der Waals surface area contributed by atoms with Gasteiger partial charge in [-0.15, -0.1) is 5.10 Å². The monoisotopic (exact) mass is 389 g/mol. The van der Waals surface area contributed by atoms with Gasteiger partial charge in [-0.1, -0.05) is 65.9 Å². The fourth-order valence-corrected chi connectivity index (χ4v) is 3.10. The first-order valence-corrected chi connectivity index (χ1v) is 9.09. The van der Waals surface area contributed by atoms with E-state index >= 15 is 0 Å². The van der Waals surface area contributed by atoms with Gasteiger partial charge in [-0.2, -0.15) is 5.10 Å². The van der Waals surface area contributed by atoms with Crippen LogP contribution in [0, 0.1) is 0 Å². The molecular weight excluding hydrogens is 370 g/mol. The van der Waals surface area contributed by atoms with Gasteiger partial charge in [-0.05, 0) is 18.1 Å². The Morgan fingerprint density at radius 3 is 2.21 bits per heavy atom. The summed E-state index contributed by atoms with van der Waals surface area (Å²) in [4.78, 5) is 26.3. The number of nitrogens with one attached hydrogen (secondary N) is 3. The summed E-state index contributed by atoms with van der Waals surface area (Å²) in [5.41, 5.74) is 1.79. The number of hydrogen-bond donors (Lipinski definition) is 3. The number of amides is 1. The van der Waals surface area contributed by atoms with E-state index in [0.29, 0.717) is 5.82 Å². The van der Waals surface area contributed by atoms with Crippen LogP contribution in [0.1, 0.15) is 46.4 Å². The van der Waals surface area contributed by atoms with Crippen LogP contribution in [-0.4, -0.2) is 36.1 Å². The number of benzene rings is 2. The smallest absolute Gasteiger partial charge is 0.340 e. The second-order valence-corrected chi connectivity index (χ2v) is 6.57. The predicted molar refractivity (Wildman–Crippen MR) is 105 cm³/mol. The van der Waals surface area contributed by atoms with Crippen LogP contribution in [-0.2, 0) is 0 Å². The van der Waals surface area contributed by atoms with Gasteiger partial charge in [0.1, 0.15) is 6.04 Å². The molecule has 0 radical (unpaired) electrons. The van der Waals surface area contributed by atoms with Gasteiger partial charge in [-0.25, -0.2) is 14.6 Å². The first-order chi connectivity index (χ1) is 14.1. The quantitative estimate of drug-likeness (QED) is 0.464. The van der Waals surface area contributed by atoms with Crippen molar-refractivity contribution in [2.45, 2.75) is 19.0 Å². The highest BCUT2D eigenvalue weighted by molar-refractivity contribution is 5.92. The fourth-order valence-electron chi connectivity index (χ4n) is 3.10. The molecule has 4 aromatic rings. The summed E-state index contributed by atoms with van der Waals surface area (Å²) in [6.45, 7) is 1.71. The molecule has 1 atom stereocenters. The summed E-state index contributed by atoms with van der Waals surface area (Å²) in [7, 11) is 0. The molecule has 2 heterocycles. The lowest BCUT2D eigenvalue weighted by atomic mass is 9.99. The molecule has 0 aliphatic carbocycles. The van der Waals surface area contributed by atoms with Crippen LogP contribution in [0.4, 0.5) is 0 Å². The van der Waals surface area contributed by atoms with Gasteiger partial charge in [0.25, 0.3) is 5.91 Å². The molecule has 3 N–H and O–H groups in total. The summed E-state index contributed by atoms with van der Waals surface area (Å²) >= 11 is 0. The van der Waals surface area contributed by atoms with Crippen molar-refractivity contribution in [2.24, 2.45) is 0 Å². The average Bonchev–Trinajstić information content (AvgIpc) is 3.39. The van der Waals surface area contributed by atoms with Crippen molar-refractivity contribution in [3.8, 4) is 0 Å². The molecule has 146 valence electrons. The number of carbonyl (C=O) groups excluding carboxylic acids is 1. The van der Waals surface area contributed by atoms with Crippen molar-refractivity contribution in [1.82, 2.24) is 35.5 Å². The third kappa shape index (κ3) is 3.98. The summed E-state index contributed by atoms with van der Waals surface area (Å²) in [5.74, 6) is -0.0744. The predicted octanol–water partition coefficient (Wildman–Crippen LogP) is 1.82. The molecular formula is C20H19N7O2. The lowest BCUT2D eigenvalue weighted by Crippen LogP contribution is -2.28. The van der Waals surface area contributed by atoms with Gasteiger partial charge in [0, 0.05) is 0 Å². The third-order valence-corrected chi connectivity index (χ3v) is 4.52. The van der Waals surface area contributed by atoms with E-state index < -0.39 is 17.6 Å². The summed E-state index contributed by atoms with van der Waals surface area (Å²) < 4.78 is 1.67. The Balaban J connectivity index is 1.60. The maximum Gasteiger partial charge on any atom is 0.340 e. The molecule has 2 aromatic heterocycles. The Bertz CT molecular complexity index is 1110. The zero-order chi connectivity index (χ0) is 20.2. The Kier molecular flexibility index (Phi) is 5.02. The molecule has 1 amide bonds. The molecule has 29 heavy (non-hydrogen) atoms. The van der Waals surface area contributed by atoms with E-state index in [1.807, 2.05) is 60.7 Å². The minimum absolute atomic E-state index is 0.173. The molecule has 0 unspecified atom stereocenters. The molecule has 0 spiro atoms.